The van der Waals surface area contributed by atoms with Crippen molar-refractivity contribution in [2.75, 3.05) is 25.5 Å². The predicted molar refractivity (Wildman–Crippen MR) is 66.9 cm³/mol. The summed E-state index contributed by atoms with van der Waals surface area (Å²) in [4.78, 5) is 10.1. The quantitative estimate of drug-likeness (QED) is 0.490. The number of hydrogen-bond acceptors (Lipinski definition) is 6. The zero-order valence-corrected chi connectivity index (χ0v) is 10.5. The maximum Gasteiger partial charge on any atom is 0.293 e. The second-order valence-electron chi connectivity index (χ2n) is 3.36. The lowest BCUT2D eigenvalue weighted by Crippen LogP contribution is -2.19. The number of benzene rings is 1. The van der Waals surface area contributed by atoms with E-state index >= 15 is 0 Å². The molecule has 0 amide bonds. The van der Waals surface area contributed by atoms with E-state index in [2.05, 4.69) is 10.0 Å². The number of nitro benzene ring substituents is 1. The highest BCUT2D eigenvalue weighted by Gasteiger charge is 2.19. The Morgan fingerprint density at radius 1 is 1.44 bits per heavy atom. The van der Waals surface area contributed by atoms with Crippen LogP contribution in [0.2, 0.25) is 0 Å². The number of rotatable bonds is 6. The van der Waals surface area contributed by atoms with Crippen LogP contribution in [0.3, 0.4) is 0 Å². The Morgan fingerprint density at radius 2 is 2.11 bits per heavy atom. The van der Waals surface area contributed by atoms with E-state index in [9.17, 15) is 18.5 Å². The van der Waals surface area contributed by atoms with Gasteiger partial charge in [-0.1, -0.05) is 0 Å². The van der Waals surface area contributed by atoms with Gasteiger partial charge in [0.05, 0.1) is 9.82 Å². The molecule has 18 heavy (non-hydrogen) atoms. The molecule has 0 unspecified atom stereocenters. The van der Waals surface area contributed by atoms with Gasteiger partial charge in [-0.2, -0.15) is 0 Å². The number of nitrogens with two attached hydrogens (primary N) is 1. The van der Waals surface area contributed by atoms with E-state index in [0.717, 1.165) is 6.07 Å². The maximum atomic E-state index is 11.5. The van der Waals surface area contributed by atoms with E-state index in [-0.39, 0.29) is 16.3 Å². The average molecular weight is 274 g/mol. The molecule has 1 aromatic carbocycles. The third kappa shape index (κ3) is 3.15. The molecule has 0 aliphatic rings. The predicted octanol–water partition coefficient (Wildman–Crippen LogP) is -0.126. The van der Waals surface area contributed by atoms with Crippen LogP contribution in [0.5, 0.6) is 0 Å². The van der Waals surface area contributed by atoms with Gasteiger partial charge >= 0.3 is 0 Å². The van der Waals surface area contributed by atoms with Gasteiger partial charge in [-0.15, -0.1) is 0 Å². The topological polar surface area (TPSA) is 127 Å². The first kappa shape index (κ1) is 14.4. The van der Waals surface area contributed by atoms with Crippen LogP contribution < -0.4 is 15.8 Å². The molecule has 100 valence electrons. The highest BCUT2D eigenvalue weighted by Crippen LogP contribution is 2.27. The Labute approximate surface area is 104 Å². The Kier molecular flexibility index (Phi) is 4.59. The number of anilines is 1. The summed E-state index contributed by atoms with van der Waals surface area (Å²) in [6.45, 7) is 0.673. The molecule has 0 saturated heterocycles. The molecule has 8 nitrogen and oxygen atoms in total. The first-order chi connectivity index (χ1) is 8.42. The van der Waals surface area contributed by atoms with Crippen LogP contribution >= 0.6 is 0 Å². The van der Waals surface area contributed by atoms with Crippen molar-refractivity contribution in [1.29, 1.82) is 0 Å². The lowest BCUT2D eigenvalue weighted by Gasteiger charge is -2.07. The summed E-state index contributed by atoms with van der Waals surface area (Å²) < 4.78 is 25.1. The van der Waals surface area contributed by atoms with Crippen LogP contribution in [-0.2, 0) is 10.0 Å². The van der Waals surface area contributed by atoms with Gasteiger partial charge < -0.3 is 11.1 Å². The molecular formula is C9H14N4O4S. The SMILES string of the molecule is CNS(=O)(=O)c1ccc(NCCN)c([N+](=O)[O-])c1. The van der Waals surface area contributed by atoms with Crippen LogP contribution in [0.25, 0.3) is 0 Å². The van der Waals surface area contributed by atoms with Crippen molar-refractivity contribution in [2.45, 2.75) is 4.90 Å². The molecular weight excluding hydrogens is 260 g/mol. The number of nitro groups is 1. The van der Waals surface area contributed by atoms with E-state index in [0.29, 0.717) is 13.1 Å². The maximum absolute atomic E-state index is 11.5. The first-order valence-electron chi connectivity index (χ1n) is 5.08. The molecule has 0 bridgehead atoms. The summed E-state index contributed by atoms with van der Waals surface area (Å²) in [7, 11) is -2.46. The lowest BCUT2D eigenvalue weighted by molar-refractivity contribution is -0.384. The van der Waals surface area contributed by atoms with Gasteiger partial charge in [-0.25, -0.2) is 13.1 Å². The molecule has 1 rings (SSSR count). The standard InChI is InChI=1S/C9H14N4O4S/c1-11-18(16,17)7-2-3-8(12-5-4-10)9(6-7)13(14)15/h2-3,6,11-12H,4-5,10H2,1H3. The Morgan fingerprint density at radius 3 is 2.61 bits per heavy atom. The molecule has 9 heteroatoms. The first-order valence-corrected chi connectivity index (χ1v) is 6.56. The van der Waals surface area contributed by atoms with Crippen molar-refractivity contribution in [1.82, 2.24) is 4.72 Å². The second kappa shape index (κ2) is 5.76. The van der Waals surface area contributed by atoms with Crippen LogP contribution in [0.1, 0.15) is 0 Å². The van der Waals surface area contributed by atoms with E-state index in [4.69, 9.17) is 5.73 Å². The number of nitrogens with zero attached hydrogens (tertiary/aromatic N) is 1. The minimum atomic E-state index is -3.70. The zero-order chi connectivity index (χ0) is 13.8. The van der Waals surface area contributed by atoms with Gasteiger partial charge in [0.15, 0.2) is 0 Å². The van der Waals surface area contributed by atoms with Crippen molar-refractivity contribution in [2.24, 2.45) is 5.73 Å². The summed E-state index contributed by atoms with van der Waals surface area (Å²) in [6, 6.07) is 3.64. The highest BCUT2D eigenvalue weighted by atomic mass is 32.2. The Bertz CT molecular complexity index is 543. The molecule has 0 fully saturated rings. The van der Waals surface area contributed by atoms with Crippen molar-refractivity contribution < 1.29 is 13.3 Å². The monoisotopic (exact) mass is 274 g/mol. The van der Waals surface area contributed by atoms with Gasteiger partial charge in [-0.05, 0) is 19.2 Å². The molecule has 0 spiro atoms. The molecule has 0 aromatic heterocycles. The Hall–Kier alpha value is -1.71. The summed E-state index contributed by atoms with van der Waals surface area (Å²) in [5, 5.41) is 13.6. The lowest BCUT2D eigenvalue weighted by atomic mass is 10.2. The molecule has 0 aliphatic heterocycles. The minimum absolute atomic E-state index is 0.157. The normalized spacial score (nSPS) is 11.2. The zero-order valence-electron chi connectivity index (χ0n) is 9.71. The second-order valence-corrected chi connectivity index (χ2v) is 5.25. The fraction of sp³-hybridized carbons (Fsp3) is 0.333. The summed E-state index contributed by atoms with van der Waals surface area (Å²) in [5.74, 6) is 0. The van der Waals surface area contributed by atoms with Gasteiger partial charge in [0.1, 0.15) is 5.69 Å². The van der Waals surface area contributed by atoms with Crippen molar-refractivity contribution >= 4 is 21.4 Å². The van der Waals surface area contributed by atoms with Crippen LogP contribution in [-0.4, -0.2) is 33.5 Å². The van der Waals surface area contributed by atoms with Crippen LogP contribution in [0, 0.1) is 10.1 Å². The molecule has 0 saturated carbocycles. The van der Waals surface area contributed by atoms with Gasteiger partial charge in [0, 0.05) is 19.2 Å². The summed E-state index contributed by atoms with van der Waals surface area (Å²) in [6.07, 6.45) is 0. The number of hydrogen-bond donors (Lipinski definition) is 3. The van der Waals surface area contributed by atoms with E-state index in [1.165, 1.54) is 19.2 Å². The smallest absolute Gasteiger partial charge is 0.293 e. The minimum Gasteiger partial charge on any atom is -0.378 e. The fourth-order valence-corrected chi connectivity index (χ4v) is 2.05. The third-order valence-corrected chi connectivity index (χ3v) is 3.62. The van der Waals surface area contributed by atoms with Crippen LogP contribution in [0.4, 0.5) is 11.4 Å². The van der Waals surface area contributed by atoms with Crippen molar-refractivity contribution in [3.63, 3.8) is 0 Å². The van der Waals surface area contributed by atoms with Crippen LogP contribution in [0.15, 0.2) is 23.1 Å². The van der Waals surface area contributed by atoms with Crippen molar-refractivity contribution in [3.05, 3.63) is 28.3 Å². The van der Waals surface area contributed by atoms with Gasteiger partial charge in [0.25, 0.3) is 5.69 Å². The summed E-state index contributed by atoms with van der Waals surface area (Å²) in [5.41, 5.74) is 5.22. The third-order valence-electron chi connectivity index (χ3n) is 2.20. The van der Waals surface area contributed by atoms with Gasteiger partial charge in [0.2, 0.25) is 10.0 Å². The van der Waals surface area contributed by atoms with E-state index in [1.54, 1.807) is 0 Å². The van der Waals surface area contributed by atoms with Gasteiger partial charge in [-0.3, -0.25) is 10.1 Å². The molecule has 0 aliphatic carbocycles. The number of sulfonamides is 1. The molecule has 1 aromatic rings. The van der Waals surface area contributed by atoms with E-state index in [1.807, 2.05) is 0 Å². The average Bonchev–Trinajstić information content (AvgIpc) is 2.35. The fourth-order valence-electron chi connectivity index (χ4n) is 1.30. The number of nitrogens with one attached hydrogen (secondary N) is 2. The highest BCUT2D eigenvalue weighted by molar-refractivity contribution is 7.89. The Balaban J connectivity index is 3.23. The molecule has 0 atom stereocenters. The largest absolute Gasteiger partial charge is 0.378 e. The molecule has 0 heterocycles. The molecule has 4 N–H and O–H groups in total. The summed E-state index contributed by atoms with van der Waals surface area (Å²) >= 11 is 0. The van der Waals surface area contributed by atoms with E-state index < -0.39 is 14.9 Å². The van der Waals surface area contributed by atoms with Crippen molar-refractivity contribution in [3.8, 4) is 0 Å². The molecule has 0 radical (unpaired) electrons.